The summed E-state index contributed by atoms with van der Waals surface area (Å²) >= 11 is 5.71. The van der Waals surface area contributed by atoms with Gasteiger partial charge in [0.25, 0.3) is 0 Å². The second-order valence-corrected chi connectivity index (χ2v) is 4.02. The number of halogens is 2. The number of aromatic nitrogens is 2. The molecule has 2 rings (SSSR count). The van der Waals surface area contributed by atoms with Crippen LogP contribution in [0.3, 0.4) is 0 Å². The van der Waals surface area contributed by atoms with Crippen molar-refractivity contribution in [1.29, 1.82) is 0 Å². The largest absolute Gasteiger partial charge is 0.294 e. The van der Waals surface area contributed by atoms with Crippen LogP contribution in [-0.4, -0.2) is 15.8 Å². The quantitative estimate of drug-likeness (QED) is 0.629. The fourth-order valence-corrected chi connectivity index (χ4v) is 1.79. The van der Waals surface area contributed by atoms with Crippen LogP contribution < -0.4 is 0 Å². The number of hydrogen-bond acceptors (Lipinski definition) is 3. The Labute approximate surface area is 109 Å². The first-order valence-electron chi connectivity index (χ1n) is 5.43. The lowest BCUT2D eigenvalue weighted by Gasteiger charge is -2.07. The van der Waals surface area contributed by atoms with Crippen molar-refractivity contribution in [2.75, 3.05) is 0 Å². The van der Waals surface area contributed by atoms with Gasteiger partial charge in [-0.2, -0.15) is 0 Å². The molecule has 5 heteroatoms. The topological polar surface area (TPSA) is 42.9 Å². The standard InChI is InChI=1S/C13H10ClFN2O/c1-2-12(18)10-7-8(15)3-4-9(10)11-5-6-16-13(14)17-11/h3-7H,2H2,1H3. The van der Waals surface area contributed by atoms with E-state index in [4.69, 9.17) is 11.6 Å². The minimum absolute atomic E-state index is 0.0896. The first-order chi connectivity index (χ1) is 8.61. The molecule has 0 atom stereocenters. The molecule has 0 aliphatic heterocycles. The summed E-state index contributed by atoms with van der Waals surface area (Å²) in [5, 5.41) is 0.0896. The van der Waals surface area contributed by atoms with E-state index >= 15 is 0 Å². The summed E-state index contributed by atoms with van der Waals surface area (Å²) in [6.07, 6.45) is 1.80. The highest BCUT2D eigenvalue weighted by Crippen LogP contribution is 2.24. The average Bonchev–Trinajstić information content (AvgIpc) is 2.37. The lowest BCUT2D eigenvalue weighted by atomic mass is 9.99. The molecule has 0 saturated carbocycles. The zero-order valence-corrected chi connectivity index (χ0v) is 10.4. The van der Waals surface area contributed by atoms with Gasteiger partial charge in [0.15, 0.2) is 5.78 Å². The van der Waals surface area contributed by atoms with Gasteiger partial charge in [-0.3, -0.25) is 4.79 Å². The maximum atomic E-state index is 13.2. The average molecular weight is 265 g/mol. The summed E-state index contributed by atoms with van der Waals surface area (Å²) in [6.45, 7) is 1.73. The molecule has 0 radical (unpaired) electrons. The first kappa shape index (κ1) is 12.6. The van der Waals surface area contributed by atoms with E-state index < -0.39 is 5.82 Å². The van der Waals surface area contributed by atoms with Gasteiger partial charge in [0, 0.05) is 23.7 Å². The molecule has 0 amide bonds. The van der Waals surface area contributed by atoms with Gasteiger partial charge in [-0.25, -0.2) is 14.4 Å². The van der Waals surface area contributed by atoms with Crippen molar-refractivity contribution >= 4 is 17.4 Å². The van der Waals surface area contributed by atoms with Crippen LogP contribution in [-0.2, 0) is 0 Å². The molecule has 0 aliphatic rings. The van der Waals surface area contributed by atoms with Gasteiger partial charge in [-0.05, 0) is 35.9 Å². The predicted octanol–water partition coefficient (Wildman–Crippen LogP) is 3.53. The number of Topliss-reactive ketones (excluding diaryl/α,β-unsaturated/α-hetero) is 1. The van der Waals surface area contributed by atoms with Crippen molar-refractivity contribution in [3.8, 4) is 11.3 Å². The Morgan fingerprint density at radius 3 is 2.83 bits per heavy atom. The number of carbonyl (C=O) groups is 1. The second-order valence-electron chi connectivity index (χ2n) is 3.68. The molecule has 1 aromatic heterocycles. The van der Waals surface area contributed by atoms with Gasteiger partial charge in [0.1, 0.15) is 5.82 Å². The van der Waals surface area contributed by atoms with E-state index in [0.29, 0.717) is 23.2 Å². The lowest BCUT2D eigenvalue weighted by Crippen LogP contribution is -2.01. The third-order valence-electron chi connectivity index (χ3n) is 2.51. The van der Waals surface area contributed by atoms with Crippen LogP contribution in [0.15, 0.2) is 30.5 Å². The summed E-state index contributed by atoms with van der Waals surface area (Å²) in [6, 6.07) is 5.66. The highest BCUT2D eigenvalue weighted by molar-refractivity contribution is 6.28. The lowest BCUT2D eigenvalue weighted by molar-refractivity contribution is 0.0988. The molecular formula is C13H10ClFN2O. The summed E-state index contributed by atoms with van der Waals surface area (Å²) in [5.41, 5.74) is 1.38. The smallest absolute Gasteiger partial charge is 0.222 e. The number of hydrogen-bond donors (Lipinski definition) is 0. The third kappa shape index (κ3) is 2.54. The number of benzene rings is 1. The fourth-order valence-electron chi connectivity index (χ4n) is 1.65. The highest BCUT2D eigenvalue weighted by Gasteiger charge is 2.13. The number of nitrogens with zero attached hydrogens (tertiary/aromatic N) is 2. The number of rotatable bonds is 3. The van der Waals surface area contributed by atoms with Crippen LogP contribution in [0.2, 0.25) is 5.28 Å². The van der Waals surface area contributed by atoms with Crippen molar-refractivity contribution in [3.05, 3.63) is 47.1 Å². The van der Waals surface area contributed by atoms with Crippen LogP contribution >= 0.6 is 11.6 Å². The molecule has 3 nitrogen and oxygen atoms in total. The third-order valence-corrected chi connectivity index (χ3v) is 2.69. The van der Waals surface area contributed by atoms with Crippen LogP contribution in [0.4, 0.5) is 4.39 Å². The van der Waals surface area contributed by atoms with E-state index in [1.165, 1.54) is 24.4 Å². The van der Waals surface area contributed by atoms with Crippen LogP contribution in [0, 0.1) is 5.82 Å². The Morgan fingerprint density at radius 2 is 2.17 bits per heavy atom. The minimum Gasteiger partial charge on any atom is -0.294 e. The van der Waals surface area contributed by atoms with Gasteiger partial charge in [0.2, 0.25) is 5.28 Å². The minimum atomic E-state index is -0.448. The molecule has 18 heavy (non-hydrogen) atoms. The molecule has 0 bridgehead atoms. The van der Waals surface area contributed by atoms with Gasteiger partial charge >= 0.3 is 0 Å². The Balaban J connectivity index is 2.60. The van der Waals surface area contributed by atoms with Crippen molar-refractivity contribution < 1.29 is 9.18 Å². The van der Waals surface area contributed by atoms with E-state index in [1.54, 1.807) is 13.0 Å². The highest BCUT2D eigenvalue weighted by atomic mass is 35.5. The van der Waals surface area contributed by atoms with Crippen LogP contribution in [0.1, 0.15) is 23.7 Å². The molecule has 1 heterocycles. The van der Waals surface area contributed by atoms with E-state index in [9.17, 15) is 9.18 Å². The predicted molar refractivity (Wildman–Crippen MR) is 67.1 cm³/mol. The Kier molecular flexibility index (Phi) is 3.67. The second kappa shape index (κ2) is 5.23. The Hall–Kier alpha value is -1.81. The van der Waals surface area contributed by atoms with Gasteiger partial charge in [-0.15, -0.1) is 0 Å². The van der Waals surface area contributed by atoms with Crippen molar-refractivity contribution in [1.82, 2.24) is 9.97 Å². The molecule has 0 fully saturated rings. The molecule has 2 aromatic rings. The maximum Gasteiger partial charge on any atom is 0.222 e. The fraction of sp³-hybridized carbons (Fsp3) is 0.154. The van der Waals surface area contributed by atoms with Crippen LogP contribution in [0.5, 0.6) is 0 Å². The van der Waals surface area contributed by atoms with Gasteiger partial charge in [0.05, 0.1) is 5.69 Å². The molecule has 0 spiro atoms. The molecule has 92 valence electrons. The van der Waals surface area contributed by atoms with E-state index in [-0.39, 0.29) is 11.1 Å². The molecule has 0 saturated heterocycles. The summed E-state index contributed by atoms with van der Waals surface area (Å²) in [7, 11) is 0. The monoisotopic (exact) mass is 264 g/mol. The molecular weight excluding hydrogens is 255 g/mol. The van der Waals surface area contributed by atoms with Crippen molar-refractivity contribution in [2.24, 2.45) is 0 Å². The molecule has 1 aromatic carbocycles. The van der Waals surface area contributed by atoms with Gasteiger partial charge in [-0.1, -0.05) is 6.92 Å². The Bertz CT molecular complexity index is 601. The summed E-state index contributed by atoms with van der Waals surface area (Å²) in [5.74, 6) is -0.588. The van der Waals surface area contributed by atoms with Crippen molar-refractivity contribution in [3.63, 3.8) is 0 Å². The normalized spacial score (nSPS) is 10.4. The molecule has 0 N–H and O–H groups in total. The zero-order valence-electron chi connectivity index (χ0n) is 9.65. The van der Waals surface area contributed by atoms with Gasteiger partial charge < -0.3 is 0 Å². The van der Waals surface area contributed by atoms with Crippen molar-refractivity contribution in [2.45, 2.75) is 13.3 Å². The first-order valence-corrected chi connectivity index (χ1v) is 5.81. The van der Waals surface area contributed by atoms with E-state index in [2.05, 4.69) is 9.97 Å². The SMILES string of the molecule is CCC(=O)c1cc(F)ccc1-c1ccnc(Cl)n1. The van der Waals surface area contributed by atoms with Crippen LogP contribution in [0.25, 0.3) is 11.3 Å². The molecule has 0 unspecified atom stereocenters. The molecule has 0 aliphatic carbocycles. The van der Waals surface area contributed by atoms with E-state index in [0.717, 1.165) is 0 Å². The Morgan fingerprint density at radius 1 is 1.39 bits per heavy atom. The summed E-state index contributed by atoms with van der Waals surface area (Å²) in [4.78, 5) is 19.6. The van der Waals surface area contributed by atoms with E-state index in [1.807, 2.05) is 0 Å². The number of carbonyl (C=O) groups excluding carboxylic acids is 1. The number of ketones is 1. The maximum absolute atomic E-state index is 13.2. The summed E-state index contributed by atoms with van der Waals surface area (Å²) < 4.78 is 13.2. The zero-order chi connectivity index (χ0) is 13.1.